The second-order valence-electron chi connectivity index (χ2n) is 6.66. The Bertz CT molecular complexity index is 1260. The van der Waals surface area contributed by atoms with Crippen LogP contribution in [0.25, 0.3) is 0 Å². The Morgan fingerprint density at radius 1 is 0.939 bits per heavy atom. The molecule has 2 amide bonds. The van der Waals surface area contributed by atoms with Gasteiger partial charge in [-0.05, 0) is 73.7 Å². The summed E-state index contributed by atoms with van der Waals surface area (Å²) in [7, 11) is -3.84. The molecule has 0 spiro atoms. The molecule has 0 heterocycles. The molecule has 33 heavy (non-hydrogen) atoms. The summed E-state index contributed by atoms with van der Waals surface area (Å²) in [5.74, 6) is -1.14. The highest BCUT2D eigenvalue weighted by molar-refractivity contribution is 7.92. The highest BCUT2D eigenvalue weighted by Crippen LogP contribution is 2.21. The largest absolute Gasteiger partial charge is 0.507 e. The van der Waals surface area contributed by atoms with Gasteiger partial charge in [-0.1, -0.05) is 11.6 Å². The third kappa shape index (κ3) is 6.15. The van der Waals surface area contributed by atoms with Crippen LogP contribution in [-0.4, -0.2) is 31.9 Å². The molecule has 4 N–H and O–H groups in total. The summed E-state index contributed by atoms with van der Waals surface area (Å²) in [6, 6.07) is 15.5. The van der Waals surface area contributed by atoms with Gasteiger partial charge in [-0.2, -0.15) is 0 Å². The molecule has 9 nitrogen and oxygen atoms in total. The topological polar surface area (TPSA) is 134 Å². The molecule has 0 bridgehead atoms. The fourth-order valence-electron chi connectivity index (χ4n) is 2.73. The molecule has 3 aromatic carbocycles. The second-order valence-corrected chi connectivity index (χ2v) is 8.78. The number of carbonyl (C=O) groups is 2. The third-order valence-corrected chi connectivity index (χ3v) is 5.97. The Balaban J connectivity index is 1.61. The van der Waals surface area contributed by atoms with Gasteiger partial charge in [-0.15, -0.1) is 0 Å². The number of rotatable bonds is 7. The number of aromatic hydroxyl groups is 1. The maximum atomic E-state index is 12.5. The van der Waals surface area contributed by atoms with E-state index >= 15 is 0 Å². The van der Waals surface area contributed by atoms with Gasteiger partial charge in [0.05, 0.1) is 17.1 Å². The normalized spacial score (nSPS) is 10.8. The second kappa shape index (κ2) is 10.2. The lowest BCUT2D eigenvalue weighted by molar-refractivity contribution is 0.0845. The van der Waals surface area contributed by atoms with Gasteiger partial charge in [0.1, 0.15) is 11.5 Å². The lowest BCUT2D eigenvalue weighted by Gasteiger charge is -2.11. The van der Waals surface area contributed by atoms with Crippen LogP contribution in [-0.2, 0) is 10.0 Å². The Morgan fingerprint density at radius 3 is 2.21 bits per heavy atom. The molecule has 3 rings (SSSR count). The number of hydrogen-bond acceptors (Lipinski definition) is 6. The van der Waals surface area contributed by atoms with Crippen molar-refractivity contribution in [3.8, 4) is 11.5 Å². The monoisotopic (exact) mass is 489 g/mol. The first-order chi connectivity index (χ1) is 15.7. The average molecular weight is 490 g/mol. The molecular weight excluding hydrogens is 470 g/mol. The minimum Gasteiger partial charge on any atom is -0.507 e. The lowest BCUT2D eigenvalue weighted by Crippen LogP contribution is -2.41. The number of nitrogens with one attached hydrogen (secondary N) is 3. The Kier molecular flexibility index (Phi) is 7.41. The van der Waals surface area contributed by atoms with Crippen molar-refractivity contribution in [2.24, 2.45) is 0 Å². The average Bonchev–Trinajstić information content (AvgIpc) is 2.79. The molecule has 0 atom stereocenters. The number of halogens is 1. The minimum absolute atomic E-state index is 0.0553. The smallest absolute Gasteiger partial charge is 0.273 e. The number of hydrogen-bond donors (Lipinski definition) is 4. The molecule has 0 aromatic heterocycles. The standard InChI is InChI=1S/C22H20ClN3O6S/c1-2-32-17-8-10-18(11-9-17)33(30,31)26-16-6-3-14(4-7-16)21(28)24-25-22(29)19-13-15(23)5-12-20(19)27/h3-13,26-27H,2H2,1H3,(H,24,28)(H,25,29). The van der Waals surface area contributed by atoms with Crippen LogP contribution >= 0.6 is 11.6 Å². The molecule has 0 saturated carbocycles. The van der Waals surface area contributed by atoms with E-state index in [1.54, 1.807) is 12.1 Å². The van der Waals surface area contributed by atoms with Crippen LogP contribution in [0.2, 0.25) is 5.02 Å². The summed E-state index contributed by atoms with van der Waals surface area (Å²) in [5, 5.41) is 9.98. The molecule has 0 fully saturated rings. The Hall–Kier alpha value is -3.76. The molecule has 11 heteroatoms. The van der Waals surface area contributed by atoms with Crippen molar-refractivity contribution < 1.29 is 27.9 Å². The lowest BCUT2D eigenvalue weighted by atomic mass is 10.2. The van der Waals surface area contributed by atoms with Crippen LogP contribution in [0, 0.1) is 0 Å². The van der Waals surface area contributed by atoms with Crippen LogP contribution in [0.15, 0.2) is 71.6 Å². The highest BCUT2D eigenvalue weighted by Gasteiger charge is 2.16. The maximum Gasteiger partial charge on any atom is 0.273 e. The van der Waals surface area contributed by atoms with Gasteiger partial charge in [-0.3, -0.25) is 25.2 Å². The minimum atomic E-state index is -3.84. The first-order valence-electron chi connectivity index (χ1n) is 9.64. The van der Waals surface area contributed by atoms with E-state index in [0.29, 0.717) is 12.4 Å². The van der Waals surface area contributed by atoms with Gasteiger partial charge in [0.2, 0.25) is 0 Å². The number of phenolic OH excluding ortho intramolecular Hbond substituents is 1. The Labute approximate surface area is 195 Å². The molecule has 172 valence electrons. The molecular formula is C22H20ClN3O6S. The molecule has 0 aliphatic heterocycles. The number of amides is 2. The quantitative estimate of drug-likeness (QED) is 0.376. The van der Waals surface area contributed by atoms with Gasteiger partial charge >= 0.3 is 0 Å². The van der Waals surface area contributed by atoms with Gasteiger partial charge in [0.15, 0.2) is 0 Å². The molecule has 0 unspecified atom stereocenters. The van der Waals surface area contributed by atoms with Gasteiger partial charge < -0.3 is 9.84 Å². The summed E-state index contributed by atoms with van der Waals surface area (Å²) < 4.78 is 32.8. The molecule has 0 saturated heterocycles. The summed E-state index contributed by atoms with van der Waals surface area (Å²) in [6.45, 7) is 2.30. The zero-order chi connectivity index (χ0) is 24.0. The summed E-state index contributed by atoms with van der Waals surface area (Å²) >= 11 is 5.81. The first kappa shape index (κ1) is 23.9. The van der Waals surface area contributed by atoms with E-state index < -0.39 is 21.8 Å². The number of benzene rings is 3. The van der Waals surface area contributed by atoms with Crippen molar-refractivity contribution in [1.82, 2.24) is 10.9 Å². The molecule has 0 radical (unpaired) electrons. The van der Waals surface area contributed by atoms with Gasteiger partial charge in [-0.25, -0.2) is 8.42 Å². The third-order valence-electron chi connectivity index (χ3n) is 4.34. The fraction of sp³-hybridized carbons (Fsp3) is 0.0909. The number of hydrazine groups is 1. The van der Waals surface area contributed by atoms with Crippen molar-refractivity contribution in [2.75, 3.05) is 11.3 Å². The van der Waals surface area contributed by atoms with Crippen molar-refractivity contribution in [3.63, 3.8) is 0 Å². The maximum absolute atomic E-state index is 12.5. The van der Waals surface area contributed by atoms with Crippen LogP contribution in [0.3, 0.4) is 0 Å². The number of sulfonamides is 1. The number of carbonyl (C=O) groups excluding carboxylic acids is 2. The number of ether oxygens (including phenoxy) is 1. The summed E-state index contributed by atoms with van der Waals surface area (Å²) in [4.78, 5) is 24.5. The molecule has 0 aliphatic carbocycles. The van der Waals surface area contributed by atoms with E-state index in [4.69, 9.17) is 16.3 Å². The van der Waals surface area contributed by atoms with E-state index in [2.05, 4.69) is 15.6 Å². The predicted octanol–water partition coefficient (Wildman–Crippen LogP) is 3.32. The summed E-state index contributed by atoms with van der Waals surface area (Å²) in [6.07, 6.45) is 0. The van der Waals surface area contributed by atoms with E-state index in [9.17, 15) is 23.1 Å². The van der Waals surface area contributed by atoms with Crippen molar-refractivity contribution >= 4 is 39.1 Å². The highest BCUT2D eigenvalue weighted by atomic mass is 35.5. The fourth-order valence-corrected chi connectivity index (χ4v) is 3.96. The van der Waals surface area contributed by atoms with Crippen LogP contribution in [0.1, 0.15) is 27.6 Å². The SMILES string of the molecule is CCOc1ccc(S(=O)(=O)Nc2ccc(C(=O)NNC(=O)c3cc(Cl)ccc3O)cc2)cc1. The van der Waals surface area contributed by atoms with Crippen molar-refractivity contribution in [3.05, 3.63) is 82.9 Å². The van der Waals surface area contributed by atoms with Crippen molar-refractivity contribution in [2.45, 2.75) is 11.8 Å². The van der Waals surface area contributed by atoms with Crippen LogP contribution < -0.4 is 20.3 Å². The van der Waals surface area contributed by atoms with Gasteiger partial charge in [0, 0.05) is 16.3 Å². The van der Waals surface area contributed by atoms with Crippen molar-refractivity contribution in [1.29, 1.82) is 0 Å². The van der Waals surface area contributed by atoms with Crippen LogP contribution in [0.5, 0.6) is 11.5 Å². The van der Waals surface area contributed by atoms with E-state index in [-0.39, 0.29) is 32.5 Å². The summed E-state index contributed by atoms with van der Waals surface area (Å²) in [5.41, 5.74) is 4.68. The van der Waals surface area contributed by atoms with E-state index in [1.165, 1.54) is 54.6 Å². The van der Waals surface area contributed by atoms with E-state index in [0.717, 1.165) is 0 Å². The molecule has 0 aliphatic rings. The molecule has 3 aromatic rings. The number of anilines is 1. The zero-order valence-electron chi connectivity index (χ0n) is 17.3. The first-order valence-corrected chi connectivity index (χ1v) is 11.5. The van der Waals surface area contributed by atoms with Crippen LogP contribution in [0.4, 0.5) is 5.69 Å². The zero-order valence-corrected chi connectivity index (χ0v) is 18.9. The Morgan fingerprint density at radius 2 is 1.58 bits per heavy atom. The number of phenols is 1. The van der Waals surface area contributed by atoms with Gasteiger partial charge in [0.25, 0.3) is 21.8 Å². The van der Waals surface area contributed by atoms with E-state index in [1.807, 2.05) is 6.92 Å². The predicted molar refractivity (Wildman–Crippen MR) is 123 cm³/mol.